The van der Waals surface area contributed by atoms with Gasteiger partial charge in [-0.1, -0.05) is 6.08 Å². The maximum atomic E-state index is 15.2. The van der Waals surface area contributed by atoms with E-state index >= 15 is 4.39 Å². The van der Waals surface area contributed by atoms with Gasteiger partial charge in [-0.3, -0.25) is 19.1 Å². The number of carbonyl (C=O) groups is 2. The molecule has 1 aliphatic heterocycles. The van der Waals surface area contributed by atoms with Crippen molar-refractivity contribution in [1.29, 1.82) is 0 Å². The molecular weight excluding hydrogens is 653 g/mol. The van der Waals surface area contributed by atoms with Crippen LogP contribution in [0.2, 0.25) is 0 Å². The largest absolute Gasteiger partial charge is 0.383 e. The van der Waals surface area contributed by atoms with E-state index in [9.17, 15) is 22.4 Å². The van der Waals surface area contributed by atoms with E-state index < -0.39 is 51.6 Å². The monoisotopic (exact) mass is 680 g/mol. The second-order valence-electron chi connectivity index (χ2n) is 8.32. The molecule has 212 valence electrons. The number of ether oxygens (including phenoxy) is 1. The van der Waals surface area contributed by atoms with E-state index in [1.54, 1.807) is 6.07 Å². The van der Waals surface area contributed by atoms with Gasteiger partial charge in [-0.2, -0.15) is 13.1 Å². The van der Waals surface area contributed by atoms with Crippen molar-refractivity contribution in [1.82, 2.24) is 20.1 Å². The highest BCUT2D eigenvalue weighted by Crippen LogP contribution is 2.29. The molecule has 0 fully saturated rings. The lowest BCUT2D eigenvalue weighted by Gasteiger charge is -2.38. The summed E-state index contributed by atoms with van der Waals surface area (Å²) in [4.78, 5) is 35.8. The summed E-state index contributed by atoms with van der Waals surface area (Å²) < 4.78 is 63.8. The average Bonchev–Trinajstić information content (AvgIpc) is 2.87. The zero-order chi connectivity index (χ0) is 28.7. The summed E-state index contributed by atoms with van der Waals surface area (Å²) in [6.45, 7) is 0.0532. The topological polar surface area (TPSA) is 151 Å². The van der Waals surface area contributed by atoms with Crippen LogP contribution in [0.25, 0.3) is 0 Å². The van der Waals surface area contributed by atoms with Crippen LogP contribution in [0.3, 0.4) is 0 Å². The summed E-state index contributed by atoms with van der Waals surface area (Å²) >= 11 is 1.95. The lowest BCUT2D eigenvalue weighted by molar-refractivity contribution is -0.138. The summed E-state index contributed by atoms with van der Waals surface area (Å²) in [6.07, 6.45) is 1.23. The molecule has 4 N–H and O–H groups in total. The summed E-state index contributed by atoms with van der Waals surface area (Å²) in [5.41, 5.74) is 2.28. The van der Waals surface area contributed by atoms with Gasteiger partial charge in [0, 0.05) is 42.5 Å². The van der Waals surface area contributed by atoms with Crippen molar-refractivity contribution in [3.05, 3.63) is 62.9 Å². The number of rotatable bonds is 12. The van der Waals surface area contributed by atoms with Crippen LogP contribution < -0.4 is 20.2 Å². The van der Waals surface area contributed by atoms with Gasteiger partial charge >= 0.3 is 0 Å². The quantitative estimate of drug-likeness (QED) is 0.150. The molecule has 3 rings (SSSR count). The van der Waals surface area contributed by atoms with Gasteiger partial charge in [0.15, 0.2) is 11.6 Å². The van der Waals surface area contributed by atoms with E-state index in [-0.39, 0.29) is 36.4 Å². The smallest absolute Gasteiger partial charge is 0.300 e. The first kappa shape index (κ1) is 30.6. The number of hydrogen-bond acceptors (Lipinski definition) is 8. The van der Waals surface area contributed by atoms with Crippen LogP contribution in [0.5, 0.6) is 0 Å². The molecule has 0 saturated heterocycles. The van der Waals surface area contributed by atoms with Gasteiger partial charge < -0.3 is 15.0 Å². The first-order valence-corrected chi connectivity index (χ1v) is 14.0. The van der Waals surface area contributed by atoms with E-state index in [0.717, 1.165) is 0 Å². The number of nitrogens with zero attached hydrogens (tertiary/aromatic N) is 2. The zero-order valence-electron chi connectivity index (χ0n) is 21.1. The van der Waals surface area contributed by atoms with Crippen LogP contribution in [0.1, 0.15) is 5.56 Å². The molecule has 1 aromatic carbocycles. The Labute approximate surface area is 237 Å². The molecule has 2 amide bonds. The van der Waals surface area contributed by atoms with Gasteiger partial charge in [0.1, 0.15) is 12.0 Å². The fraction of sp³-hybridized carbons (Fsp3) is 0.348. The SMILES string of the molecule is COCCNS(=O)(=O)Nc1nccc(CC2=CC(C(=O)NOC)C(Nc3ccc(I)cc3F)N(C)C2=O)c1F. The number of benzene rings is 1. The number of amides is 2. The van der Waals surface area contributed by atoms with Crippen LogP contribution in [0, 0.1) is 21.1 Å². The minimum Gasteiger partial charge on any atom is -0.383 e. The third kappa shape index (κ3) is 7.81. The number of pyridine rings is 1. The minimum atomic E-state index is -4.15. The summed E-state index contributed by atoms with van der Waals surface area (Å²) in [6, 6.07) is 5.73. The Morgan fingerprint density at radius 1 is 1.23 bits per heavy atom. The molecule has 1 aliphatic rings. The average molecular weight is 680 g/mol. The summed E-state index contributed by atoms with van der Waals surface area (Å²) in [7, 11) is -0.0986. The Bertz CT molecular complexity index is 1360. The number of likely N-dealkylation sites (N-methyl/N-ethyl adjacent to an activating group) is 1. The third-order valence-electron chi connectivity index (χ3n) is 5.65. The van der Waals surface area contributed by atoms with Crippen LogP contribution in [0.4, 0.5) is 20.3 Å². The van der Waals surface area contributed by atoms with Crippen molar-refractivity contribution in [3.63, 3.8) is 0 Å². The van der Waals surface area contributed by atoms with Crippen molar-refractivity contribution in [2.24, 2.45) is 5.92 Å². The summed E-state index contributed by atoms with van der Waals surface area (Å²) in [5.74, 6) is -4.40. The first-order valence-electron chi connectivity index (χ1n) is 11.4. The minimum absolute atomic E-state index is 0.0476. The second kappa shape index (κ2) is 13.4. The Hall–Kier alpha value is -2.93. The van der Waals surface area contributed by atoms with Gasteiger partial charge in [0.2, 0.25) is 0 Å². The normalized spacial score (nSPS) is 17.5. The van der Waals surface area contributed by atoms with E-state index in [4.69, 9.17) is 9.57 Å². The predicted octanol–water partition coefficient (Wildman–Crippen LogP) is 1.53. The van der Waals surface area contributed by atoms with Gasteiger partial charge in [-0.25, -0.2) is 19.2 Å². The van der Waals surface area contributed by atoms with Gasteiger partial charge in [0.05, 0.1) is 25.3 Å². The van der Waals surface area contributed by atoms with E-state index in [2.05, 4.69) is 20.5 Å². The van der Waals surface area contributed by atoms with Crippen LogP contribution >= 0.6 is 22.6 Å². The molecular formula is C23H27F2IN6O6S. The number of hydrogen-bond donors (Lipinski definition) is 4. The standard InChI is InChI=1S/C23H27F2IN6O6S/c1-32-21(29-18-5-4-15(26)12-17(18)24)16(22(33)30-38-3)11-14(23(32)34)10-13-6-7-27-20(19(13)25)31-39(35,36)28-8-9-37-2/h4-7,11-12,16,21,28-29H,8-10H2,1-3H3,(H,27,31)(H,30,33). The van der Waals surface area contributed by atoms with Crippen molar-refractivity contribution >= 4 is 56.1 Å². The van der Waals surface area contributed by atoms with Crippen LogP contribution in [0.15, 0.2) is 42.1 Å². The van der Waals surface area contributed by atoms with Gasteiger partial charge in [-0.15, -0.1) is 0 Å². The molecule has 2 unspecified atom stereocenters. The summed E-state index contributed by atoms with van der Waals surface area (Å²) in [5, 5.41) is 2.89. The fourth-order valence-corrected chi connectivity index (χ4v) is 5.06. The highest BCUT2D eigenvalue weighted by Gasteiger charge is 2.39. The molecule has 1 aromatic heterocycles. The lowest BCUT2D eigenvalue weighted by atomic mass is 9.91. The van der Waals surface area contributed by atoms with Crippen LogP contribution in [-0.4, -0.2) is 70.7 Å². The number of nitrogens with one attached hydrogen (secondary N) is 4. The maximum Gasteiger partial charge on any atom is 0.300 e. The number of anilines is 2. The van der Waals surface area contributed by atoms with Crippen molar-refractivity contribution in [3.8, 4) is 0 Å². The molecule has 16 heteroatoms. The molecule has 2 atom stereocenters. The Kier molecular flexibility index (Phi) is 10.5. The molecule has 0 bridgehead atoms. The van der Waals surface area contributed by atoms with Crippen LogP contribution in [-0.2, 0) is 35.8 Å². The lowest BCUT2D eigenvalue weighted by Crippen LogP contribution is -2.54. The highest BCUT2D eigenvalue weighted by atomic mass is 127. The third-order valence-corrected chi connectivity index (χ3v) is 7.37. The van der Waals surface area contributed by atoms with Crippen molar-refractivity contribution < 1.29 is 36.4 Å². The predicted molar refractivity (Wildman–Crippen MR) is 146 cm³/mol. The Morgan fingerprint density at radius 3 is 2.64 bits per heavy atom. The zero-order valence-corrected chi connectivity index (χ0v) is 24.1. The van der Waals surface area contributed by atoms with E-state index in [0.29, 0.717) is 3.57 Å². The molecule has 0 radical (unpaired) electrons. The highest BCUT2D eigenvalue weighted by molar-refractivity contribution is 14.1. The number of hydroxylamine groups is 1. The molecule has 2 heterocycles. The number of halogens is 3. The molecule has 0 spiro atoms. The van der Waals surface area contributed by atoms with Crippen molar-refractivity contribution in [2.45, 2.75) is 12.6 Å². The van der Waals surface area contributed by atoms with E-state index in [1.807, 2.05) is 27.3 Å². The molecule has 2 aromatic rings. The number of carbonyl (C=O) groups excluding carboxylic acids is 2. The number of aromatic nitrogens is 1. The maximum absolute atomic E-state index is 15.2. The number of methoxy groups -OCH3 is 1. The van der Waals surface area contributed by atoms with E-state index in [1.165, 1.54) is 56.6 Å². The molecule has 0 aliphatic carbocycles. The van der Waals surface area contributed by atoms with Gasteiger partial charge in [-0.05, 0) is 52.4 Å². The fourth-order valence-electron chi connectivity index (χ4n) is 3.79. The molecule has 39 heavy (non-hydrogen) atoms. The second-order valence-corrected chi connectivity index (χ2v) is 11.1. The Morgan fingerprint density at radius 2 is 1.97 bits per heavy atom. The molecule has 12 nitrogen and oxygen atoms in total. The first-order chi connectivity index (χ1) is 18.5. The molecule has 0 saturated carbocycles. The van der Waals surface area contributed by atoms with Crippen molar-refractivity contribution in [2.75, 3.05) is 44.5 Å². The Balaban J connectivity index is 1.90. The van der Waals surface area contributed by atoms with Gasteiger partial charge in [0.25, 0.3) is 22.0 Å².